The lowest BCUT2D eigenvalue weighted by Gasteiger charge is -2.11. The molecule has 0 aliphatic heterocycles. The van der Waals surface area contributed by atoms with Crippen LogP contribution >= 0.6 is 11.8 Å². The van der Waals surface area contributed by atoms with E-state index >= 15 is 0 Å². The third-order valence-corrected chi connectivity index (χ3v) is 4.91. The summed E-state index contributed by atoms with van der Waals surface area (Å²) in [5, 5.41) is 2.88. The van der Waals surface area contributed by atoms with Crippen LogP contribution < -0.4 is 5.32 Å². The van der Waals surface area contributed by atoms with E-state index in [0.717, 1.165) is 22.7 Å². The Hall–Kier alpha value is -2.27. The molecule has 1 unspecified atom stereocenters. The first-order chi connectivity index (χ1) is 11.6. The van der Waals surface area contributed by atoms with Gasteiger partial charge in [0.2, 0.25) is 5.91 Å². The van der Waals surface area contributed by atoms with Crippen LogP contribution in [0.4, 0.5) is 0 Å². The number of pyridine rings is 1. The third-order valence-electron chi connectivity index (χ3n) is 3.80. The number of benzene rings is 1. The van der Waals surface area contributed by atoms with Gasteiger partial charge in [-0.2, -0.15) is 0 Å². The Labute approximate surface area is 146 Å². The average Bonchev–Trinajstić information content (AvgIpc) is 2.99. The van der Waals surface area contributed by atoms with Crippen LogP contribution in [0.5, 0.6) is 0 Å². The maximum absolute atomic E-state index is 12.2. The fraction of sp³-hybridized carbons (Fsp3) is 0.263. The van der Waals surface area contributed by atoms with E-state index in [2.05, 4.69) is 41.5 Å². The van der Waals surface area contributed by atoms with E-state index in [0.29, 0.717) is 6.54 Å². The van der Waals surface area contributed by atoms with Crippen LogP contribution in [-0.4, -0.2) is 27.1 Å². The molecule has 1 atom stereocenters. The Morgan fingerprint density at radius 3 is 2.79 bits per heavy atom. The fourth-order valence-corrected chi connectivity index (χ4v) is 3.33. The van der Waals surface area contributed by atoms with Gasteiger partial charge in [-0.1, -0.05) is 23.8 Å². The first-order valence-electron chi connectivity index (χ1n) is 8.05. The number of carbonyl (C=O) groups excluding carboxylic acids is 1. The van der Waals surface area contributed by atoms with E-state index in [1.807, 2.05) is 41.9 Å². The largest absolute Gasteiger partial charge is 0.355 e. The monoisotopic (exact) mass is 339 g/mol. The van der Waals surface area contributed by atoms with E-state index in [4.69, 9.17) is 0 Å². The van der Waals surface area contributed by atoms with Crippen molar-refractivity contribution in [3.8, 4) is 0 Å². The molecule has 0 spiro atoms. The summed E-state index contributed by atoms with van der Waals surface area (Å²) in [7, 11) is 0. The van der Waals surface area contributed by atoms with E-state index < -0.39 is 0 Å². The molecule has 4 nitrogen and oxygen atoms in total. The molecule has 2 heterocycles. The molecule has 3 rings (SSSR count). The van der Waals surface area contributed by atoms with Gasteiger partial charge in [-0.15, -0.1) is 11.8 Å². The van der Waals surface area contributed by atoms with Crippen molar-refractivity contribution in [2.45, 2.75) is 30.4 Å². The molecule has 0 bridgehead atoms. The summed E-state index contributed by atoms with van der Waals surface area (Å²) in [6.45, 7) is 4.59. The highest BCUT2D eigenvalue weighted by atomic mass is 32.2. The predicted molar refractivity (Wildman–Crippen MR) is 98.4 cm³/mol. The first-order valence-corrected chi connectivity index (χ1v) is 8.93. The van der Waals surface area contributed by atoms with Gasteiger partial charge >= 0.3 is 0 Å². The average molecular weight is 339 g/mol. The number of aryl methyl sites for hydroxylation is 1. The van der Waals surface area contributed by atoms with Gasteiger partial charge in [0, 0.05) is 30.3 Å². The Bertz CT molecular complexity index is 793. The van der Waals surface area contributed by atoms with E-state index in [9.17, 15) is 4.79 Å². The Morgan fingerprint density at radius 1 is 1.25 bits per heavy atom. The summed E-state index contributed by atoms with van der Waals surface area (Å²) in [4.78, 5) is 17.9. The molecule has 0 radical (unpaired) electrons. The van der Waals surface area contributed by atoms with Gasteiger partial charge in [-0.3, -0.25) is 4.79 Å². The summed E-state index contributed by atoms with van der Waals surface area (Å²) >= 11 is 1.58. The highest BCUT2D eigenvalue weighted by molar-refractivity contribution is 8.00. The van der Waals surface area contributed by atoms with Crippen LogP contribution in [0.1, 0.15) is 18.2 Å². The standard InChI is InChI=1S/C19H21N3OS/c1-14-6-8-17(9-7-14)24-15(2)19(23)20-11-10-16-13-22-12-4-3-5-18(22)21-16/h3-9,12-13,15H,10-11H2,1-2H3,(H,20,23). The Morgan fingerprint density at radius 2 is 2.04 bits per heavy atom. The molecule has 1 aromatic carbocycles. The second-order valence-corrected chi connectivity index (χ2v) is 7.23. The van der Waals surface area contributed by atoms with Crippen LogP contribution in [0.15, 0.2) is 59.8 Å². The van der Waals surface area contributed by atoms with Crippen LogP contribution in [0.25, 0.3) is 5.65 Å². The van der Waals surface area contributed by atoms with Crippen molar-refractivity contribution in [2.24, 2.45) is 0 Å². The lowest BCUT2D eigenvalue weighted by molar-refractivity contribution is -0.120. The van der Waals surface area contributed by atoms with E-state index in [1.165, 1.54) is 5.56 Å². The minimum absolute atomic E-state index is 0.0596. The van der Waals surface area contributed by atoms with Crippen molar-refractivity contribution in [2.75, 3.05) is 6.54 Å². The molecule has 0 aliphatic carbocycles. The van der Waals surface area contributed by atoms with Gasteiger partial charge in [0.25, 0.3) is 0 Å². The number of amides is 1. The molecule has 2 aromatic heterocycles. The Kier molecular flexibility index (Phi) is 5.20. The number of fused-ring (bicyclic) bond motifs is 1. The highest BCUT2D eigenvalue weighted by Crippen LogP contribution is 2.23. The summed E-state index contributed by atoms with van der Waals surface area (Å²) in [5.41, 5.74) is 3.14. The normalized spacial score (nSPS) is 12.2. The minimum atomic E-state index is -0.117. The van der Waals surface area contributed by atoms with E-state index in [1.54, 1.807) is 11.8 Å². The minimum Gasteiger partial charge on any atom is -0.355 e. The maximum atomic E-state index is 12.2. The van der Waals surface area contributed by atoms with Gasteiger partial charge in [-0.05, 0) is 38.1 Å². The summed E-state index contributed by atoms with van der Waals surface area (Å²) < 4.78 is 1.99. The van der Waals surface area contributed by atoms with Crippen LogP contribution in [0.3, 0.4) is 0 Å². The van der Waals surface area contributed by atoms with Gasteiger partial charge in [0.15, 0.2) is 0 Å². The topological polar surface area (TPSA) is 46.4 Å². The summed E-state index contributed by atoms with van der Waals surface area (Å²) in [6, 6.07) is 14.2. The summed E-state index contributed by atoms with van der Waals surface area (Å²) in [5.74, 6) is 0.0596. The summed E-state index contributed by atoms with van der Waals surface area (Å²) in [6.07, 6.45) is 4.71. The molecule has 3 aromatic rings. The second-order valence-electron chi connectivity index (χ2n) is 5.81. The van der Waals surface area contributed by atoms with Crippen molar-refractivity contribution in [3.63, 3.8) is 0 Å². The quantitative estimate of drug-likeness (QED) is 0.699. The number of carbonyl (C=O) groups is 1. The molecular formula is C19H21N3OS. The smallest absolute Gasteiger partial charge is 0.233 e. The number of rotatable bonds is 6. The molecule has 1 amide bonds. The number of nitrogens with one attached hydrogen (secondary N) is 1. The van der Waals surface area contributed by atoms with Gasteiger partial charge in [0.05, 0.1) is 10.9 Å². The lowest BCUT2D eigenvalue weighted by atomic mass is 10.2. The zero-order chi connectivity index (χ0) is 16.9. The number of thioether (sulfide) groups is 1. The second kappa shape index (κ2) is 7.53. The van der Waals surface area contributed by atoms with Crippen LogP contribution in [0, 0.1) is 6.92 Å². The van der Waals surface area contributed by atoms with Crippen LogP contribution in [-0.2, 0) is 11.2 Å². The zero-order valence-electron chi connectivity index (χ0n) is 13.9. The van der Waals surface area contributed by atoms with Crippen LogP contribution in [0.2, 0.25) is 0 Å². The fourth-order valence-electron chi connectivity index (χ4n) is 2.44. The first kappa shape index (κ1) is 16.6. The molecule has 24 heavy (non-hydrogen) atoms. The number of hydrogen-bond acceptors (Lipinski definition) is 3. The molecule has 5 heteroatoms. The van der Waals surface area contributed by atoms with Crippen molar-refractivity contribution >= 4 is 23.3 Å². The predicted octanol–water partition coefficient (Wildman–Crippen LogP) is 3.48. The molecular weight excluding hydrogens is 318 g/mol. The molecule has 0 saturated carbocycles. The van der Waals surface area contributed by atoms with Gasteiger partial charge in [-0.25, -0.2) is 4.98 Å². The molecule has 0 fully saturated rings. The number of hydrogen-bond donors (Lipinski definition) is 1. The van der Waals surface area contributed by atoms with Crippen molar-refractivity contribution < 1.29 is 4.79 Å². The third kappa shape index (κ3) is 4.17. The lowest BCUT2D eigenvalue weighted by Crippen LogP contribution is -2.32. The van der Waals surface area contributed by atoms with Gasteiger partial charge in [0.1, 0.15) is 5.65 Å². The number of nitrogens with zero attached hydrogens (tertiary/aromatic N) is 2. The molecule has 124 valence electrons. The molecule has 1 N–H and O–H groups in total. The number of aromatic nitrogens is 2. The maximum Gasteiger partial charge on any atom is 0.233 e. The number of imidazole rings is 1. The highest BCUT2D eigenvalue weighted by Gasteiger charge is 2.14. The molecule has 0 saturated heterocycles. The van der Waals surface area contributed by atoms with Crippen molar-refractivity contribution in [1.82, 2.24) is 14.7 Å². The van der Waals surface area contributed by atoms with Crippen molar-refractivity contribution in [3.05, 3.63) is 66.1 Å². The zero-order valence-corrected chi connectivity index (χ0v) is 14.7. The van der Waals surface area contributed by atoms with Crippen molar-refractivity contribution in [1.29, 1.82) is 0 Å². The van der Waals surface area contributed by atoms with Gasteiger partial charge < -0.3 is 9.72 Å². The molecule has 0 aliphatic rings. The Balaban J connectivity index is 1.48. The van der Waals surface area contributed by atoms with E-state index in [-0.39, 0.29) is 11.2 Å². The SMILES string of the molecule is Cc1ccc(SC(C)C(=O)NCCc2cn3ccccc3n2)cc1.